The van der Waals surface area contributed by atoms with Crippen molar-refractivity contribution in [3.63, 3.8) is 0 Å². The molecule has 0 spiro atoms. The molecule has 0 aromatic carbocycles. The summed E-state index contributed by atoms with van der Waals surface area (Å²) in [6.07, 6.45) is 4.72. The predicted molar refractivity (Wildman–Crippen MR) is 44.8 cm³/mol. The van der Waals surface area contributed by atoms with Crippen LogP contribution in [0, 0.1) is 0 Å². The molecule has 0 N–H and O–H groups in total. The van der Waals surface area contributed by atoms with Crippen LogP contribution in [0.2, 0.25) is 0 Å². The third kappa shape index (κ3) is 1.58. The van der Waals surface area contributed by atoms with E-state index in [0.29, 0.717) is 15.5 Å². The van der Waals surface area contributed by atoms with Gasteiger partial charge in [0.15, 0.2) is 5.05 Å². The van der Waals surface area contributed by atoms with E-state index >= 15 is 0 Å². The van der Waals surface area contributed by atoms with Gasteiger partial charge in [0.05, 0.1) is 5.56 Å². The third-order valence-electron chi connectivity index (χ3n) is 0.982. The largest absolute Gasteiger partial charge is 0.545 e. The normalized spacial score (nSPS) is 9.20. The molecular formula is C5H6N2OSSi. The van der Waals surface area contributed by atoms with Crippen LogP contribution in [-0.2, 0) is 4.43 Å². The highest BCUT2D eigenvalue weighted by molar-refractivity contribution is 7.80. The molecule has 0 aliphatic rings. The summed E-state index contributed by atoms with van der Waals surface area (Å²) in [6.45, 7) is 0. The number of aromatic nitrogens is 2. The molecule has 0 saturated heterocycles. The Hall–Kier alpha value is -0.813. The Morgan fingerprint density at radius 1 is 1.50 bits per heavy atom. The SMILES string of the molecule is [SiH3]OC(=S)c1cncnc1. The Bertz CT molecular complexity index is 228. The Balaban J connectivity index is 2.85. The van der Waals surface area contributed by atoms with Crippen LogP contribution in [0.3, 0.4) is 0 Å². The Labute approximate surface area is 67.0 Å². The van der Waals surface area contributed by atoms with Crippen LogP contribution in [0.25, 0.3) is 0 Å². The molecule has 0 atom stereocenters. The van der Waals surface area contributed by atoms with Gasteiger partial charge in [0.1, 0.15) is 6.33 Å². The first-order valence-electron chi connectivity index (χ1n) is 2.68. The van der Waals surface area contributed by atoms with Crippen LogP contribution in [0.5, 0.6) is 0 Å². The number of hydrogen-bond donors (Lipinski definition) is 0. The highest BCUT2D eigenvalue weighted by atomic mass is 32.1. The molecule has 0 amide bonds. The van der Waals surface area contributed by atoms with Gasteiger partial charge in [0.2, 0.25) is 10.5 Å². The van der Waals surface area contributed by atoms with Gasteiger partial charge in [0.25, 0.3) is 0 Å². The second-order valence-electron chi connectivity index (χ2n) is 1.62. The van der Waals surface area contributed by atoms with E-state index in [-0.39, 0.29) is 0 Å². The molecule has 3 nitrogen and oxygen atoms in total. The van der Waals surface area contributed by atoms with E-state index in [1.807, 2.05) is 0 Å². The maximum atomic E-state index is 4.93. The molecule has 0 bridgehead atoms. The summed E-state index contributed by atoms with van der Waals surface area (Å²) in [5.74, 6) is 0. The van der Waals surface area contributed by atoms with E-state index in [0.717, 1.165) is 5.56 Å². The summed E-state index contributed by atoms with van der Waals surface area (Å²) in [7, 11) is 0.611. The van der Waals surface area contributed by atoms with Crippen molar-refractivity contribution in [3.8, 4) is 0 Å². The van der Waals surface area contributed by atoms with Crippen LogP contribution in [0.15, 0.2) is 18.7 Å². The lowest BCUT2D eigenvalue weighted by Crippen LogP contribution is -2.01. The highest BCUT2D eigenvalue weighted by Crippen LogP contribution is 1.95. The van der Waals surface area contributed by atoms with E-state index in [1.165, 1.54) is 6.33 Å². The standard InChI is InChI=1S/C5H6N2OSSi/c9-5(8-10)4-1-6-3-7-2-4/h1-3H,10H3. The number of thiocarbonyl (C=S) groups is 1. The highest BCUT2D eigenvalue weighted by Gasteiger charge is 1.96. The van der Waals surface area contributed by atoms with Gasteiger partial charge >= 0.3 is 0 Å². The van der Waals surface area contributed by atoms with Gasteiger partial charge in [-0.3, -0.25) is 0 Å². The Morgan fingerprint density at radius 3 is 2.60 bits per heavy atom. The third-order valence-corrected chi connectivity index (χ3v) is 2.09. The lowest BCUT2D eigenvalue weighted by Gasteiger charge is -1.99. The molecule has 5 heteroatoms. The second kappa shape index (κ2) is 3.38. The van der Waals surface area contributed by atoms with E-state index in [1.54, 1.807) is 12.4 Å². The van der Waals surface area contributed by atoms with Gasteiger partial charge < -0.3 is 4.43 Å². The van der Waals surface area contributed by atoms with E-state index in [2.05, 4.69) is 9.97 Å². The summed E-state index contributed by atoms with van der Waals surface area (Å²) >= 11 is 4.85. The molecule has 0 radical (unpaired) electrons. The molecule has 1 aromatic heterocycles. The van der Waals surface area contributed by atoms with E-state index in [9.17, 15) is 0 Å². The first-order chi connectivity index (χ1) is 4.84. The molecule has 0 aliphatic carbocycles. The zero-order valence-electron chi connectivity index (χ0n) is 5.44. The number of nitrogens with zero attached hydrogens (tertiary/aromatic N) is 2. The van der Waals surface area contributed by atoms with Crippen molar-refractivity contribution in [3.05, 3.63) is 24.3 Å². The Kier molecular flexibility index (Phi) is 2.47. The topological polar surface area (TPSA) is 35.0 Å². The quantitative estimate of drug-likeness (QED) is 0.418. The van der Waals surface area contributed by atoms with Crippen molar-refractivity contribution in [1.82, 2.24) is 9.97 Å². The van der Waals surface area contributed by atoms with Crippen LogP contribution in [0.1, 0.15) is 5.56 Å². The van der Waals surface area contributed by atoms with Gasteiger partial charge in [-0.2, -0.15) is 0 Å². The van der Waals surface area contributed by atoms with Crippen molar-refractivity contribution < 1.29 is 4.43 Å². The van der Waals surface area contributed by atoms with Crippen LogP contribution >= 0.6 is 12.2 Å². The second-order valence-corrected chi connectivity index (χ2v) is 2.40. The summed E-state index contributed by atoms with van der Waals surface area (Å²) in [5, 5.41) is 0.479. The zero-order chi connectivity index (χ0) is 7.40. The van der Waals surface area contributed by atoms with Gasteiger partial charge in [-0.05, 0) is 12.2 Å². The smallest absolute Gasteiger partial charge is 0.205 e. The van der Waals surface area contributed by atoms with Crippen LogP contribution in [-0.4, -0.2) is 25.5 Å². The Morgan fingerprint density at radius 2 is 2.10 bits per heavy atom. The van der Waals surface area contributed by atoms with Crippen molar-refractivity contribution in [2.45, 2.75) is 0 Å². The van der Waals surface area contributed by atoms with Crippen molar-refractivity contribution in [2.75, 3.05) is 0 Å². The molecule has 0 saturated carbocycles. The molecular weight excluding hydrogens is 164 g/mol. The van der Waals surface area contributed by atoms with Gasteiger partial charge in [-0.1, -0.05) is 0 Å². The average molecular weight is 170 g/mol. The lowest BCUT2D eigenvalue weighted by atomic mass is 10.4. The maximum absolute atomic E-state index is 4.93. The van der Waals surface area contributed by atoms with E-state index in [4.69, 9.17) is 16.6 Å². The van der Waals surface area contributed by atoms with Gasteiger partial charge in [-0.25, -0.2) is 9.97 Å². The van der Waals surface area contributed by atoms with Gasteiger partial charge in [0, 0.05) is 12.4 Å². The molecule has 52 valence electrons. The average Bonchev–Trinajstić information content (AvgIpc) is 2.05. The first kappa shape index (κ1) is 7.30. The molecule has 10 heavy (non-hydrogen) atoms. The fourth-order valence-corrected chi connectivity index (χ4v) is 0.863. The molecule has 1 aromatic rings. The minimum atomic E-state index is 0.479. The number of rotatable bonds is 1. The lowest BCUT2D eigenvalue weighted by molar-refractivity contribution is 0.631. The first-order valence-corrected chi connectivity index (χ1v) is 3.90. The van der Waals surface area contributed by atoms with Crippen molar-refractivity contribution in [1.29, 1.82) is 0 Å². The summed E-state index contributed by atoms with van der Waals surface area (Å²) in [4.78, 5) is 7.58. The summed E-state index contributed by atoms with van der Waals surface area (Å²) in [6, 6.07) is 0. The van der Waals surface area contributed by atoms with Crippen LogP contribution in [0.4, 0.5) is 0 Å². The zero-order valence-corrected chi connectivity index (χ0v) is 8.26. The van der Waals surface area contributed by atoms with Crippen molar-refractivity contribution >= 4 is 27.8 Å². The monoisotopic (exact) mass is 170 g/mol. The summed E-state index contributed by atoms with van der Waals surface area (Å²) < 4.78 is 4.93. The molecule has 0 fully saturated rings. The van der Waals surface area contributed by atoms with Crippen LogP contribution < -0.4 is 0 Å². The van der Waals surface area contributed by atoms with E-state index < -0.39 is 0 Å². The molecule has 0 aliphatic heterocycles. The molecule has 1 rings (SSSR count). The molecule has 0 unspecified atom stereocenters. The maximum Gasteiger partial charge on any atom is 0.205 e. The fraction of sp³-hybridized carbons (Fsp3) is 0. The summed E-state index contributed by atoms with van der Waals surface area (Å²) in [5.41, 5.74) is 0.771. The van der Waals surface area contributed by atoms with Gasteiger partial charge in [-0.15, -0.1) is 0 Å². The fourth-order valence-electron chi connectivity index (χ4n) is 0.522. The minimum Gasteiger partial charge on any atom is -0.545 e. The van der Waals surface area contributed by atoms with Crippen molar-refractivity contribution in [2.24, 2.45) is 0 Å². The molecule has 1 heterocycles. The predicted octanol–water partition coefficient (Wildman–Crippen LogP) is -0.551. The minimum absolute atomic E-state index is 0.479. The number of hydrogen-bond acceptors (Lipinski definition) is 4.